The Bertz CT molecular complexity index is 1650. The van der Waals surface area contributed by atoms with Gasteiger partial charge in [-0.3, -0.25) is 15.0 Å². The van der Waals surface area contributed by atoms with Crippen LogP contribution in [0.5, 0.6) is 0 Å². The number of carbonyl (C=O) groups is 2. The molecule has 0 saturated heterocycles. The zero-order chi connectivity index (χ0) is 29.5. The molecule has 5 rings (SSSR count). The van der Waals surface area contributed by atoms with Crippen LogP contribution >= 0.6 is 0 Å². The van der Waals surface area contributed by atoms with Gasteiger partial charge in [0, 0.05) is 42.1 Å². The molecular weight excluding hydrogens is 524 g/mol. The molecule has 0 aliphatic rings. The van der Waals surface area contributed by atoms with E-state index in [1.165, 1.54) is 0 Å². The molecule has 1 amide bonds. The summed E-state index contributed by atoms with van der Waals surface area (Å²) in [5, 5.41) is 18.2. The number of hydrogen-bond donors (Lipinski definition) is 4. The fourth-order valence-electron chi connectivity index (χ4n) is 5.74. The second kappa shape index (κ2) is 13.5. The smallest absolute Gasteiger partial charge is 0.304 e. The molecule has 0 aliphatic carbocycles. The summed E-state index contributed by atoms with van der Waals surface area (Å²) in [4.78, 5) is 29.2. The van der Waals surface area contributed by atoms with Crippen molar-refractivity contribution in [3.8, 4) is 0 Å². The Labute approximate surface area is 246 Å². The van der Waals surface area contributed by atoms with Gasteiger partial charge in [-0.25, -0.2) is 5.01 Å². The maximum atomic E-state index is 14.0. The molecule has 0 radical (unpaired) electrons. The number of fused-ring (bicyclic) bond motifs is 2. The third-order valence-electron chi connectivity index (χ3n) is 7.94. The van der Waals surface area contributed by atoms with Crippen molar-refractivity contribution >= 4 is 33.6 Å². The topological polar surface area (TPSA) is 97.5 Å². The normalized spacial score (nSPS) is 13.7. The summed E-state index contributed by atoms with van der Waals surface area (Å²) in [6, 6.07) is 31.4. The maximum absolute atomic E-state index is 14.0. The first-order valence-corrected chi connectivity index (χ1v) is 14.5. The van der Waals surface area contributed by atoms with E-state index in [1.54, 1.807) is 0 Å². The van der Waals surface area contributed by atoms with Gasteiger partial charge >= 0.3 is 5.97 Å². The lowest BCUT2D eigenvalue weighted by Crippen LogP contribution is -2.58. The molecule has 4 N–H and O–H groups in total. The summed E-state index contributed by atoms with van der Waals surface area (Å²) in [5.41, 5.74) is 7.59. The third-order valence-corrected chi connectivity index (χ3v) is 7.94. The average Bonchev–Trinajstić information content (AvgIpc) is 3.42. The van der Waals surface area contributed by atoms with Crippen LogP contribution in [-0.4, -0.2) is 45.6 Å². The van der Waals surface area contributed by atoms with Gasteiger partial charge < -0.3 is 15.4 Å². The van der Waals surface area contributed by atoms with Crippen molar-refractivity contribution in [3.63, 3.8) is 0 Å². The molecule has 3 atom stereocenters. The molecule has 0 aliphatic heterocycles. The van der Waals surface area contributed by atoms with Crippen LogP contribution in [0.15, 0.2) is 103 Å². The lowest BCUT2D eigenvalue weighted by atomic mass is 9.90. The number of benzene rings is 4. The molecule has 0 spiro atoms. The number of amides is 1. The van der Waals surface area contributed by atoms with Gasteiger partial charge in [0.2, 0.25) is 5.91 Å². The van der Waals surface area contributed by atoms with E-state index in [9.17, 15) is 14.7 Å². The Morgan fingerprint density at radius 1 is 0.905 bits per heavy atom. The van der Waals surface area contributed by atoms with Crippen LogP contribution in [0.2, 0.25) is 0 Å². The van der Waals surface area contributed by atoms with Gasteiger partial charge in [0.1, 0.15) is 6.04 Å². The number of aliphatic carboxylic acids is 1. The Morgan fingerprint density at radius 3 is 2.38 bits per heavy atom. The van der Waals surface area contributed by atoms with Gasteiger partial charge in [0.25, 0.3) is 0 Å². The highest BCUT2D eigenvalue weighted by Gasteiger charge is 2.33. The zero-order valence-electron chi connectivity index (χ0n) is 24.1. The molecule has 5 aromatic rings. The van der Waals surface area contributed by atoms with Crippen molar-refractivity contribution < 1.29 is 14.7 Å². The summed E-state index contributed by atoms with van der Waals surface area (Å²) in [5.74, 6) is -1.19. The monoisotopic (exact) mass is 562 g/mol. The van der Waals surface area contributed by atoms with Gasteiger partial charge in [-0.15, -0.1) is 0 Å². The number of hydrogen-bond acceptors (Lipinski definition) is 4. The highest BCUT2D eigenvalue weighted by atomic mass is 16.4. The number of nitrogens with zero attached hydrogens (tertiary/aromatic N) is 1. The maximum Gasteiger partial charge on any atom is 0.304 e. The standard InChI is InChI=1S/C35H38N4O3/c1-3-39(38-30(21-33(40)41)20-29-23-36-32-16-10-9-15-31(29)32)34(35(42)37-22-25-11-5-4-6-12-25)24(2)27-18-17-26-13-7-8-14-28(26)19-27/h4-19,23-24,30,34,36,38H,3,20-22H2,1-2H3,(H,37,42)(H,40,41). The van der Waals surface area contributed by atoms with Crippen LogP contribution in [0, 0.1) is 0 Å². The molecule has 3 unspecified atom stereocenters. The molecule has 7 nitrogen and oxygen atoms in total. The Morgan fingerprint density at radius 2 is 1.62 bits per heavy atom. The molecule has 1 aromatic heterocycles. The number of hydrazine groups is 1. The number of rotatable bonds is 13. The number of aromatic amines is 1. The highest BCUT2D eigenvalue weighted by Crippen LogP contribution is 2.27. The molecule has 216 valence electrons. The number of aromatic nitrogens is 1. The second-order valence-electron chi connectivity index (χ2n) is 10.8. The summed E-state index contributed by atoms with van der Waals surface area (Å²) >= 11 is 0. The lowest BCUT2D eigenvalue weighted by Gasteiger charge is -2.37. The van der Waals surface area contributed by atoms with Gasteiger partial charge in [0.05, 0.1) is 6.42 Å². The number of carboxylic acids is 1. The van der Waals surface area contributed by atoms with Crippen LogP contribution in [0.4, 0.5) is 0 Å². The van der Waals surface area contributed by atoms with Crippen LogP contribution in [0.3, 0.4) is 0 Å². The molecule has 0 fully saturated rings. The molecule has 4 aromatic carbocycles. The van der Waals surface area contributed by atoms with Crippen LogP contribution in [0.1, 0.15) is 42.9 Å². The molecule has 1 heterocycles. The van der Waals surface area contributed by atoms with Crippen molar-refractivity contribution in [2.24, 2.45) is 0 Å². The van der Waals surface area contributed by atoms with Crippen molar-refractivity contribution in [1.29, 1.82) is 0 Å². The quantitative estimate of drug-likeness (QED) is 0.132. The first-order valence-electron chi connectivity index (χ1n) is 14.5. The average molecular weight is 563 g/mol. The minimum absolute atomic E-state index is 0.0846. The summed E-state index contributed by atoms with van der Waals surface area (Å²) in [7, 11) is 0. The molecular formula is C35H38N4O3. The Hall–Kier alpha value is -4.46. The summed E-state index contributed by atoms with van der Waals surface area (Å²) in [6.07, 6.45) is 2.35. The third kappa shape index (κ3) is 6.87. The van der Waals surface area contributed by atoms with E-state index >= 15 is 0 Å². The fraction of sp³-hybridized carbons (Fsp3) is 0.257. The highest BCUT2D eigenvalue weighted by molar-refractivity contribution is 5.85. The first-order chi connectivity index (χ1) is 20.4. The Balaban J connectivity index is 1.44. The minimum atomic E-state index is -0.893. The predicted octanol–water partition coefficient (Wildman–Crippen LogP) is 6.02. The number of H-pyrrole nitrogens is 1. The van der Waals surface area contributed by atoms with Crippen molar-refractivity contribution in [2.45, 2.75) is 51.2 Å². The van der Waals surface area contributed by atoms with Crippen molar-refractivity contribution in [2.75, 3.05) is 6.54 Å². The van der Waals surface area contributed by atoms with Crippen molar-refractivity contribution in [1.82, 2.24) is 20.7 Å². The van der Waals surface area contributed by atoms with Gasteiger partial charge in [-0.2, -0.15) is 0 Å². The number of carbonyl (C=O) groups excluding carboxylic acids is 1. The van der Waals surface area contributed by atoms with Gasteiger partial charge in [-0.05, 0) is 39.9 Å². The number of nitrogens with one attached hydrogen (secondary N) is 3. The minimum Gasteiger partial charge on any atom is -0.481 e. The SMILES string of the molecule is CCN(NC(CC(=O)O)Cc1c[nH]c2ccccc12)C(C(=O)NCc1ccccc1)C(C)c1ccc2ccccc2c1. The molecule has 0 bridgehead atoms. The fourth-order valence-corrected chi connectivity index (χ4v) is 5.74. The predicted molar refractivity (Wildman–Crippen MR) is 168 cm³/mol. The summed E-state index contributed by atoms with van der Waals surface area (Å²) < 4.78 is 0. The number of carboxylic acid groups (broad SMARTS) is 1. The molecule has 7 heteroatoms. The zero-order valence-corrected chi connectivity index (χ0v) is 24.1. The van der Waals surface area contributed by atoms with Crippen molar-refractivity contribution in [3.05, 3.63) is 120 Å². The van der Waals surface area contributed by atoms with E-state index in [0.29, 0.717) is 19.5 Å². The molecule has 0 saturated carbocycles. The second-order valence-corrected chi connectivity index (χ2v) is 10.8. The first kappa shape index (κ1) is 29.0. The van der Waals surface area contributed by atoms with E-state index in [2.05, 4.69) is 53.0 Å². The van der Waals surface area contributed by atoms with E-state index in [-0.39, 0.29) is 18.2 Å². The number of likely N-dealkylation sites (N-methyl/N-ethyl adjacent to an activating group) is 1. The van der Waals surface area contributed by atoms with Gasteiger partial charge in [0.15, 0.2) is 0 Å². The van der Waals surface area contributed by atoms with E-state index in [4.69, 9.17) is 0 Å². The van der Waals surface area contributed by atoms with E-state index in [1.807, 2.05) is 84.9 Å². The largest absolute Gasteiger partial charge is 0.481 e. The van der Waals surface area contributed by atoms with Gasteiger partial charge in [-0.1, -0.05) is 105 Å². The van der Waals surface area contributed by atoms with Crippen LogP contribution < -0.4 is 10.7 Å². The van der Waals surface area contributed by atoms with Crippen LogP contribution in [-0.2, 0) is 22.6 Å². The number of para-hydroxylation sites is 1. The lowest BCUT2D eigenvalue weighted by molar-refractivity contribution is -0.138. The Kier molecular flexibility index (Phi) is 9.31. The van der Waals surface area contributed by atoms with Crippen LogP contribution in [0.25, 0.3) is 21.7 Å². The van der Waals surface area contributed by atoms with E-state index < -0.39 is 18.1 Å². The molecule has 42 heavy (non-hydrogen) atoms. The summed E-state index contributed by atoms with van der Waals surface area (Å²) in [6.45, 7) is 4.96. The van der Waals surface area contributed by atoms with E-state index in [0.717, 1.165) is 38.4 Å².